The van der Waals surface area contributed by atoms with Crippen molar-refractivity contribution in [3.63, 3.8) is 0 Å². The molecule has 0 atom stereocenters. The fourth-order valence-electron chi connectivity index (χ4n) is 3.21. The van der Waals surface area contributed by atoms with E-state index in [1.165, 1.54) is 53.5 Å². The van der Waals surface area contributed by atoms with Crippen molar-refractivity contribution in [1.82, 2.24) is 14.5 Å². The van der Waals surface area contributed by atoms with Crippen LogP contribution in [0.25, 0.3) is 22.5 Å². The molecule has 0 fully saturated rings. The molecular weight excluding hydrogens is 418 g/mol. The van der Waals surface area contributed by atoms with E-state index in [1.54, 1.807) is 24.3 Å². The highest BCUT2D eigenvalue weighted by Crippen LogP contribution is 2.32. The molecule has 0 unspecified atom stereocenters. The van der Waals surface area contributed by atoms with Gasteiger partial charge in [-0.15, -0.1) is 0 Å². The van der Waals surface area contributed by atoms with Gasteiger partial charge < -0.3 is 15.0 Å². The Bertz CT molecular complexity index is 1290. The second-order valence-corrected chi connectivity index (χ2v) is 6.86. The van der Waals surface area contributed by atoms with E-state index in [0.29, 0.717) is 22.5 Å². The molecule has 0 aliphatic carbocycles. The topological polar surface area (TPSA) is 97.1 Å². The van der Waals surface area contributed by atoms with Gasteiger partial charge in [-0.3, -0.25) is 9.59 Å². The third-order valence-corrected chi connectivity index (χ3v) is 4.64. The fraction of sp³-hybridized carbons (Fsp3) is 0.0435. The lowest BCUT2D eigenvalue weighted by molar-refractivity contribution is -0.137. The van der Waals surface area contributed by atoms with Crippen molar-refractivity contribution in [3.8, 4) is 22.5 Å². The molecule has 4 rings (SSSR count). The minimum absolute atomic E-state index is 0.213. The van der Waals surface area contributed by atoms with Crippen molar-refractivity contribution >= 4 is 17.7 Å². The number of rotatable bonds is 6. The number of amides is 1. The van der Waals surface area contributed by atoms with E-state index in [2.05, 4.69) is 15.3 Å². The molecule has 160 valence electrons. The molecule has 0 saturated heterocycles. The largest absolute Gasteiger partial charge is 0.480 e. The molecule has 0 saturated carbocycles. The maximum Gasteiger partial charge on any atom is 0.323 e. The van der Waals surface area contributed by atoms with Crippen LogP contribution in [0.3, 0.4) is 0 Å². The van der Waals surface area contributed by atoms with Crippen molar-refractivity contribution in [1.29, 1.82) is 0 Å². The number of anilines is 1. The lowest BCUT2D eigenvalue weighted by Gasteiger charge is -2.11. The van der Waals surface area contributed by atoms with Gasteiger partial charge >= 0.3 is 5.97 Å². The molecular formula is C23H16F2N4O3. The van der Waals surface area contributed by atoms with Crippen LogP contribution in [0.5, 0.6) is 0 Å². The van der Waals surface area contributed by atoms with Crippen molar-refractivity contribution < 1.29 is 23.5 Å². The van der Waals surface area contributed by atoms with Crippen molar-refractivity contribution in [2.24, 2.45) is 0 Å². The fourth-order valence-corrected chi connectivity index (χ4v) is 3.21. The monoisotopic (exact) mass is 434 g/mol. The molecule has 32 heavy (non-hydrogen) atoms. The van der Waals surface area contributed by atoms with Crippen LogP contribution in [0.15, 0.2) is 73.2 Å². The van der Waals surface area contributed by atoms with E-state index < -0.39 is 23.5 Å². The highest BCUT2D eigenvalue weighted by molar-refractivity contribution is 6.04. The van der Waals surface area contributed by atoms with Crippen LogP contribution in [-0.4, -0.2) is 31.5 Å². The van der Waals surface area contributed by atoms with E-state index in [9.17, 15) is 23.5 Å². The molecule has 1 amide bonds. The number of hydrogen-bond donors (Lipinski definition) is 2. The number of halogens is 2. The summed E-state index contributed by atoms with van der Waals surface area (Å²) in [5.41, 5.74) is 2.32. The zero-order valence-corrected chi connectivity index (χ0v) is 16.5. The van der Waals surface area contributed by atoms with Crippen LogP contribution >= 0.6 is 0 Å². The molecule has 0 spiro atoms. The van der Waals surface area contributed by atoms with Gasteiger partial charge in [0, 0.05) is 22.9 Å². The quantitative estimate of drug-likeness (QED) is 0.474. The Labute approximate surface area is 181 Å². The summed E-state index contributed by atoms with van der Waals surface area (Å²) in [5.74, 6) is -2.19. The van der Waals surface area contributed by atoms with E-state index in [4.69, 9.17) is 0 Å². The van der Waals surface area contributed by atoms with Gasteiger partial charge in [-0.05, 0) is 60.7 Å². The lowest BCUT2D eigenvalue weighted by atomic mass is 10.1. The Balaban J connectivity index is 1.72. The van der Waals surface area contributed by atoms with Gasteiger partial charge in [0.2, 0.25) is 0 Å². The Hall–Kier alpha value is -4.40. The summed E-state index contributed by atoms with van der Waals surface area (Å²) in [4.78, 5) is 32.3. The highest BCUT2D eigenvalue weighted by atomic mass is 19.1. The minimum atomic E-state index is -1.06. The van der Waals surface area contributed by atoms with Gasteiger partial charge in [0.15, 0.2) is 0 Å². The third-order valence-electron chi connectivity index (χ3n) is 4.64. The smallest absolute Gasteiger partial charge is 0.323 e. The Morgan fingerprint density at radius 3 is 2.22 bits per heavy atom. The number of hydrogen-bond acceptors (Lipinski definition) is 4. The Morgan fingerprint density at radius 1 is 0.906 bits per heavy atom. The number of imidazole rings is 1. The summed E-state index contributed by atoms with van der Waals surface area (Å²) < 4.78 is 27.9. The van der Waals surface area contributed by atoms with Gasteiger partial charge in [-0.1, -0.05) is 0 Å². The van der Waals surface area contributed by atoms with Gasteiger partial charge in [0.1, 0.15) is 24.0 Å². The van der Waals surface area contributed by atoms with Crippen molar-refractivity contribution in [2.45, 2.75) is 6.54 Å². The number of aromatic nitrogens is 3. The predicted molar refractivity (Wildman–Crippen MR) is 113 cm³/mol. The average Bonchev–Trinajstić information content (AvgIpc) is 3.17. The number of carbonyl (C=O) groups is 2. The number of carboxylic acid groups (broad SMARTS) is 1. The van der Waals surface area contributed by atoms with E-state index >= 15 is 0 Å². The van der Waals surface area contributed by atoms with Crippen molar-refractivity contribution in [3.05, 3.63) is 90.4 Å². The Kier molecular flexibility index (Phi) is 5.71. The van der Waals surface area contributed by atoms with E-state index in [1.807, 2.05) is 0 Å². The Morgan fingerprint density at radius 2 is 1.56 bits per heavy atom. The summed E-state index contributed by atoms with van der Waals surface area (Å²) in [6.45, 7) is -0.344. The van der Waals surface area contributed by atoms with Gasteiger partial charge in [-0.2, -0.15) is 0 Å². The van der Waals surface area contributed by atoms with Crippen LogP contribution in [-0.2, 0) is 11.3 Å². The zero-order chi connectivity index (χ0) is 22.7. The molecule has 2 N–H and O–H groups in total. The number of nitrogens with zero attached hydrogens (tertiary/aromatic N) is 3. The lowest BCUT2D eigenvalue weighted by Crippen LogP contribution is -2.13. The number of aliphatic carboxylic acids is 1. The van der Waals surface area contributed by atoms with Crippen LogP contribution < -0.4 is 5.32 Å². The molecule has 7 nitrogen and oxygen atoms in total. The van der Waals surface area contributed by atoms with E-state index in [0.717, 1.165) is 0 Å². The molecule has 0 radical (unpaired) electrons. The van der Waals surface area contributed by atoms with Gasteiger partial charge in [-0.25, -0.2) is 18.7 Å². The molecule has 4 aromatic rings. The third kappa shape index (κ3) is 4.51. The maximum absolute atomic E-state index is 13.4. The van der Waals surface area contributed by atoms with Crippen LogP contribution in [0, 0.1) is 11.6 Å². The SMILES string of the molecule is O=C(O)Cn1cnc(-c2ccc(F)cc2)c1-c1ccnc(NC(=O)c2ccc(F)cc2)c1. The van der Waals surface area contributed by atoms with E-state index in [-0.39, 0.29) is 17.9 Å². The summed E-state index contributed by atoms with van der Waals surface area (Å²) in [5, 5.41) is 11.9. The van der Waals surface area contributed by atoms with Gasteiger partial charge in [0.25, 0.3) is 5.91 Å². The maximum atomic E-state index is 13.4. The normalized spacial score (nSPS) is 10.7. The number of benzene rings is 2. The predicted octanol–water partition coefficient (Wildman–Crippen LogP) is 4.23. The molecule has 9 heteroatoms. The highest BCUT2D eigenvalue weighted by Gasteiger charge is 2.18. The molecule has 0 aliphatic heterocycles. The second-order valence-electron chi connectivity index (χ2n) is 6.86. The van der Waals surface area contributed by atoms with Crippen molar-refractivity contribution in [2.75, 3.05) is 5.32 Å². The second kappa shape index (κ2) is 8.76. The summed E-state index contributed by atoms with van der Waals surface area (Å²) in [6, 6.07) is 13.9. The average molecular weight is 434 g/mol. The first-order valence-electron chi connectivity index (χ1n) is 9.47. The van der Waals surface area contributed by atoms with Crippen LogP contribution in [0.1, 0.15) is 10.4 Å². The zero-order valence-electron chi connectivity index (χ0n) is 16.5. The number of carbonyl (C=O) groups excluding carboxylic acids is 1. The molecule has 0 aliphatic rings. The number of nitrogens with one attached hydrogen (secondary N) is 1. The molecule has 2 aromatic heterocycles. The van der Waals surface area contributed by atoms with Crippen LogP contribution in [0.2, 0.25) is 0 Å². The summed E-state index contributed by atoms with van der Waals surface area (Å²) in [7, 11) is 0. The molecule has 2 heterocycles. The summed E-state index contributed by atoms with van der Waals surface area (Å²) in [6.07, 6.45) is 2.85. The van der Waals surface area contributed by atoms with Crippen LogP contribution in [0.4, 0.5) is 14.6 Å². The first-order chi connectivity index (χ1) is 15.4. The standard InChI is InChI=1S/C23H16F2N4O3/c24-17-5-1-14(2-6-17)21-22(29(13-27-21)12-20(30)31)16-9-10-26-19(11-16)28-23(32)15-3-7-18(25)8-4-15/h1-11,13H,12H2,(H,30,31)(H,26,28,32). The minimum Gasteiger partial charge on any atom is -0.480 e. The number of carboxylic acids is 1. The molecule has 0 bridgehead atoms. The first kappa shape index (κ1) is 20.9. The summed E-state index contributed by atoms with van der Waals surface area (Å²) >= 11 is 0. The van der Waals surface area contributed by atoms with Gasteiger partial charge in [0.05, 0.1) is 17.7 Å². The number of pyridine rings is 1. The first-order valence-corrected chi connectivity index (χ1v) is 9.47. The molecule has 2 aromatic carbocycles.